The van der Waals surface area contributed by atoms with Gasteiger partial charge in [-0.3, -0.25) is 14.3 Å². The van der Waals surface area contributed by atoms with Gasteiger partial charge in [-0.2, -0.15) is 18.3 Å². The predicted molar refractivity (Wildman–Crippen MR) is 115 cm³/mol. The molecule has 32 heavy (non-hydrogen) atoms. The Morgan fingerprint density at radius 3 is 2.47 bits per heavy atom. The van der Waals surface area contributed by atoms with Crippen LogP contribution in [0.5, 0.6) is 0 Å². The molecule has 0 radical (unpaired) electrons. The predicted octanol–water partition coefficient (Wildman–Crippen LogP) is 4.72. The Morgan fingerprint density at radius 1 is 1.22 bits per heavy atom. The fraction of sp³-hybridized carbons (Fsp3) is 0.100. The number of hydrogen-bond acceptors (Lipinski definition) is 5. The molecule has 0 fully saturated rings. The van der Waals surface area contributed by atoms with Crippen molar-refractivity contribution in [1.29, 1.82) is 0 Å². The van der Waals surface area contributed by atoms with Crippen molar-refractivity contribution in [3.8, 4) is 11.1 Å². The smallest absolute Gasteiger partial charge is 0.365 e. The number of rotatable bonds is 4. The molecular weight excluding hydrogens is 467 g/mol. The van der Waals surface area contributed by atoms with Crippen LogP contribution in [0.2, 0.25) is 5.02 Å². The van der Waals surface area contributed by atoms with Gasteiger partial charge >= 0.3 is 6.18 Å². The first-order chi connectivity index (χ1) is 15.1. The Bertz CT molecular complexity index is 1370. The second-order valence-electron chi connectivity index (χ2n) is 6.72. The second-order valence-corrected chi connectivity index (χ2v) is 8.13. The molecule has 0 atom stereocenters. The van der Waals surface area contributed by atoms with Crippen LogP contribution in [-0.2, 0) is 13.2 Å². The number of carbonyl (C=O) groups excluding carboxylic acids is 2. The van der Waals surface area contributed by atoms with Crippen molar-refractivity contribution in [2.24, 2.45) is 12.8 Å². The fourth-order valence-corrected chi connectivity index (χ4v) is 4.44. The Hall–Kier alpha value is -3.44. The molecule has 2 amide bonds. The molecule has 0 aliphatic carbocycles. The number of amides is 2. The van der Waals surface area contributed by atoms with E-state index in [-0.39, 0.29) is 37.1 Å². The summed E-state index contributed by atoms with van der Waals surface area (Å²) in [5.41, 5.74) is 4.73. The van der Waals surface area contributed by atoms with Crippen LogP contribution in [0.3, 0.4) is 0 Å². The van der Waals surface area contributed by atoms with Crippen LogP contribution in [0.15, 0.2) is 42.6 Å². The Labute approximate surface area is 187 Å². The average molecular weight is 480 g/mol. The molecule has 0 saturated carbocycles. The highest BCUT2D eigenvalue weighted by atomic mass is 35.5. The van der Waals surface area contributed by atoms with Crippen LogP contribution in [0.4, 0.5) is 18.9 Å². The third kappa shape index (κ3) is 3.92. The van der Waals surface area contributed by atoms with Gasteiger partial charge in [0.2, 0.25) is 0 Å². The van der Waals surface area contributed by atoms with Crippen molar-refractivity contribution < 1.29 is 22.8 Å². The summed E-state index contributed by atoms with van der Waals surface area (Å²) >= 11 is 6.69. The Morgan fingerprint density at radius 2 is 1.91 bits per heavy atom. The molecule has 3 heterocycles. The van der Waals surface area contributed by atoms with Crippen molar-refractivity contribution in [1.82, 2.24) is 14.8 Å². The number of benzene rings is 1. The second kappa shape index (κ2) is 7.92. The first-order valence-corrected chi connectivity index (χ1v) is 10.2. The maximum absolute atomic E-state index is 13.5. The van der Waals surface area contributed by atoms with Gasteiger partial charge in [-0.1, -0.05) is 41.9 Å². The molecule has 0 bridgehead atoms. The molecule has 0 spiro atoms. The molecular formula is C20H13ClF3N5O2S. The summed E-state index contributed by atoms with van der Waals surface area (Å²) in [6, 6.07) is 9.11. The van der Waals surface area contributed by atoms with Crippen molar-refractivity contribution in [3.05, 3.63) is 63.9 Å². The number of fused-ring (bicyclic) bond motifs is 1. The number of nitrogens with two attached hydrogens (primary N) is 1. The summed E-state index contributed by atoms with van der Waals surface area (Å²) in [6.45, 7) is 0. The lowest BCUT2D eigenvalue weighted by Crippen LogP contribution is -2.17. The van der Waals surface area contributed by atoms with E-state index in [1.165, 1.54) is 10.9 Å². The van der Waals surface area contributed by atoms with E-state index < -0.39 is 23.7 Å². The number of pyridine rings is 1. The van der Waals surface area contributed by atoms with Gasteiger partial charge in [0.05, 0.1) is 10.7 Å². The van der Waals surface area contributed by atoms with Crippen LogP contribution >= 0.6 is 22.9 Å². The molecule has 3 N–H and O–H groups in total. The minimum absolute atomic E-state index is 0.0516. The third-order valence-corrected chi connectivity index (χ3v) is 5.87. The highest BCUT2D eigenvalue weighted by molar-refractivity contribution is 7.21. The monoisotopic (exact) mass is 479 g/mol. The highest BCUT2D eigenvalue weighted by Crippen LogP contribution is 2.43. The van der Waals surface area contributed by atoms with Gasteiger partial charge in [0.25, 0.3) is 11.8 Å². The zero-order valence-corrected chi connectivity index (χ0v) is 17.8. The number of anilines is 1. The van der Waals surface area contributed by atoms with Crippen LogP contribution in [0.25, 0.3) is 21.3 Å². The highest BCUT2D eigenvalue weighted by Gasteiger charge is 2.35. The van der Waals surface area contributed by atoms with E-state index in [1.54, 1.807) is 37.4 Å². The van der Waals surface area contributed by atoms with Gasteiger partial charge in [0.15, 0.2) is 5.69 Å². The largest absolute Gasteiger partial charge is 0.433 e. The summed E-state index contributed by atoms with van der Waals surface area (Å²) in [5, 5.41) is 6.73. The minimum Gasteiger partial charge on any atom is -0.365 e. The zero-order valence-electron chi connectivity index (χ0n) is 16.2. The van der Waals surface area contributed by atoms with Crippen LogP contribution < -0.4 is 11.1 Å². The molecule has 0 saturated heterocycles. The SMILES string of the molecule is Cn1cc(Cl)c(C(=O)Nc2c(C(N)=O)sc3nc(C(F)(F)F)cc(-c4ccccc4)c23)n1. The van der Waals surface area contributed by atoms with Crippen molar-refractivity contribution >= 4 is 50.7 Å². The number of thiophene rings is 1. The number of carbonyl (C=O) groups is 2. The normalized spacial score (nSPS) is 11.7. The number of nitrogens with one attached hydrogen (secondary N) is 1. The summed E-state index contributed by atoms with van der Waals surface area (Å²) in [6.07, 6.45) is -3.32. The fourth-order valence-electron chi connectivity index (χ4n) is 3.17. The quantitative estimate of drug-likeness (QED) is 0.442. The number of aromatic nitrogens is 3. The summed E-state index contributed by atoms with van der Waals surface area (Å²) in [7, 11) is 1.56. The topological polar surface area (TPSA) is 103 Å². The van der Waals surface area contributed by atoms with Gasteiger partial charge in [-0.05, 0) is 17.2 Å². The average Bonchev–Trinajstić information content (AvgIpc) is 3.26. The minimum atomic E-state index is -4.72. The third-order valence-electron chi connectivity index (χ3n) is 4.50. The number of primary amides is 1. The standard InChI is InChI=1S/C20H13ClF3N5O2S/c1-29-8-11(21)14(28-29)18(31)27-15-13-10(9-5-3-2-4-6-9)7-12(20(22,23)24)26-19(13)32-16(15)17(25)30/h2-8H,1H3,(H2,25,30)(H,27,31). The lowest BCUT2D eigenvalue weighted by Gasteiger charge is -2.12. The number of aryl methyl sites for hydroxylation is 1. The van der Waals surface area contributed by atoms with E-state index in [0.29, 0.717) is 16.9 Å². The van der Waals surface area contributed by atoms with E-state index in [2.05, 4.69) is 15.4 Å². The van der Waals surface area contributed by atoms with E-state index in [1.807, 2.05) is 0 Å². The number of alkyl halides is 3. The maximum atomic E-state index is 13.5. The van der Waals surface area contributed by atoms with E-state index in [4.69, 9.17) is 17.3 Å². The van der Waals surface area contributed by atoms with Gasteiger partial charge in [-0.15, -0.1) is 11.3 Å². The lowest BCUT2D eigenvalue weighted by atomic mass is 10.0. The maximum Gasteiger partial charge on any atom is 0.433 e. The van der Waals surface area contributed by atoms with Crippen LogP contribution in [0.1, 0.15) is 25.9 Å². The Balaban J connectivity index is 1.99. The first-order valence-electron chi connectivity index (χ1n) is 8.96. The van der Waals surface area contributed by atoms with Gasteiger partial charge in [0.1, 0.15) is 15.4 Å². The molecule has 4 rings (SSSR count). The van der Waals surface area contributed by atoms with Gasteiger partial charge < -0.3 is 11.1 Å². The number of nitrogens with zero attached hydrogens (tertiary/aromatic N) is 3. The zero-order chi connectivity index (χ0) is 23.2. The molecule has 0 unspecified atom stereocenters. The Kier molecular flexibility index (Phi) is 5.39. The molecule has 0 aliphatic rings. The number of hydrogen-bond donors (Lipinski definition) is 2. The molecule has 7 nitrogen and oxygen atoms in total. The molecule has 0 aliphatic heterocycles. The molecule has 4 aromatic rings. The summed E-state index contributed by atoms with van der Waals surface area (Å²) in [5.74, 6) is -1.68. The first kappa shape index (κ1) is 21.8. The summed E-state index contributed by atoms with van der Waals surface area (Å²) in [4.78, 5) is 28.4. The van der Waals surface area contributed by atoms with Gasteiger partial charge in [0, 0.05) is 18.6 Å². The van der Waals surface area contributed by atoms with Gasteiger partial charge in [-0.25, -0.2) is 4.98 Å². The van der Waals surface area contributed by atoms with E-state index in [9.17, 15) is 22.8 Å². The van der Waals surface area contributed by atoms with E-state index in [0.717, 1.165) is 6.07 Å². The lowest BCUT2D eigenvalue weighted by molar-refractivity contribution is -0.140. The molecule has 164 valence electrons. The summed E-state index contributed by atoms with van der Waals surface area (Å²) < 4.78 is 41.9. The molecule has 3 aromatic heterocycles. The van der Waals surface area contributed by atoms with E-state index >= 15 is 0 Å². The van der Waals surface area contributed by atoms with Crippen molar-refractivity contribution in [2.75, 3.05) is 5.32 Å². The number of halogens is 4. The van der Waals surface area contributed by atoms with Crippen LogP contribution in [0, 0.1) is 0 Å². The van der Waals surface area contributed by atoms with Crippen LogP contribution in [-0.4, -0.2) is 26.6 Å². The van der Waals surface area contributed by atoms with Crippen molar-refractivity contribution in [3.63, 3.8) is 0 Å². The molecule has 1 aromatic carbocycles. The van der Waals surface area contributed by atoms with Crippen molar-refractivity contribution in [2.45, 2.75) is 6.18 Å². The molecule has 12 heteroatoms.